The van der Waals surface area contributed by atoms with Crippen LogP contribution in [0.15, 0.2) is 12.7 Å². The van der Waals surface area contributed by atoms with Gasteiger partial charge >= 0.3 is 18.0 Å². The topological polar surface area (TPSA) is 113 Å². The number of carboxylic acids is 2. The number of nitrogens with one attached hydrogen (secondary N) is 1. The molecule has 0 aromatic rings. The average Bonchev–Trinajstić information content (AvgIpc) is 2.90. The SMILES string of the molecule is C=CCCCCCCCCCCCCCCCCCCCCC(=O)O.CC(C)(C)OC(=O)NCCCCCCC(=O)O. The van der Waals surface area contributed by atoms with Crippen LogP contribution < -0.4 is 5.32 Å². The quantitative estimate of drug-likeness (QED) is 0.0611. The molecule has 42 heavy (non-hydrogen) atoms. The Morgan fingerprint density at radius 3 is 1.19 bits per heavy atom. The second-order valence-corrected chi connectivity index (χ2v) is 12.6. The lowest BCUT2D eigenvalue weighted by Gasteiger charge is -2.19. The van der Waals surface area contributed by atoms with E-state index in [1.807, 2.05) is 26.8 Å². The minimum absolute atomic E-state index is 0.222. The molecular weight excluding hydrogens is 530 g/mol. The smallest absolute Gasteiger partial charge is 0.407 e. The Morgan fingerprint density at radius 2 is 0.881 bits per heavy atom. The number of unbranched alkanes of at least 4 members (excludes halogenated alkanes) is 21. The van der Waals surface area contributed by atoms with Crippen LogP contribution in [0.3, 0.4) is 0 Å². The van der Waals surface area contributed by atoms with Gasteiger partial charge < -0.3 is 20.3 Å². The minimum atomic E-state index is -0.753. The van der Waals surface area contributed by atoms with Crippen LogP contribution in [0.4, 0.5) is 4.79 Å². The summed E-state index contributed by atoms with van der Waals surface area (Å²) in [4.78, 5) is 31.9. The molecule has 248 valence electrons. The number of rotatable bonds is 28. The first-order chi connectivity index (χ1) is 20.1. The van der Waals surface area contributed by atoms with Gasteiger partial charge in [-0.1, -0.05) is 122 Å². The maximum absolute atomic E-state index is 11.2. The van der Waals surface area contributed by atoms with Crippen LogP contribution in [0, 0.1) is 0 Å². The fourth-order valence-corrected chi connectivity index (χ4v) is 4.65. The Morgan fingerprint density at radius 1 is 0.571 bits per heavy atom. The Balaban J connectivity index is 0. The second-order valence-electron chi connectivity index (χ2n) is 12.6. The van der Waals surface area contributed by atoms with Crippen LogP contribution in [-0.4, -0.2) is 40.4 Å². The van der Waals surface area contributed by atoms with Crippen molar-refractivity contribution in [2.75, 3.05) is 6.54 Å². The Hall–Kier alpha value is -2.05. The van der Waals surface area contributed by atoms with Crippen molar-refractivity contribution < 1.29 is 29.3 Å². The third-order valence-electron chi connectivity index (χ3n) is 7.03. The molecule has 0 aromatic carbocycles. The highest BCUT2D eigenvalue weighted by molar-refractivity contribution is 5.67. The Labute approximate surface area is 258 Å². The van der Waals surface area contributed by atoms with E-state index in [-0.39, 0.29) is 6.42 Å². The highest BCUT2D eigenvalue weighted by atomic mass is 16.6. The molecule has 0 aromatic heterocycles. The molecule has 0 radical (unpaired) electrons. The third-order valence-corrected chi connectivity index (χ3v) is 7.03. The maximum Gasteiger partial charge on any atom is 0.407 e. The number of carbonyl (C=O) groups excluding carboxylic acids is 1. The van der Waals surface area contributed by atoms with Gasteiger partial charge in [0.1, 0.15) is 5.60 Å². The number of hydrogen-bond donors (Lipinski definition) is 3. The first-order valence-corrected chi connectivity index (χ1v) is 17.1. The minimum Gasteiger partial charge on any atom is -0.481 e. The van der Waals surface area contributed by atoms with Gasteiger partial charge in [-0.25, -0.2) is 4.79 Å². The predicted molar refractivity (Wildman–Crippen MR) is 175 cm³/mol. The summed E-state index contributed by atoms with van der Waals surface area (Å²) in [5, 5.41) is 19.6. The predicted octanol–water partition coefficient (Wildman–Crippen LogP) is 10.6. The van der Waals surface area contributed by atoms with E-state index >= 15 is 0 Å². The number of ether oxygens (including phenoxy) is 1. The van der Waals surface area contributed by atoms with Crippen molar-refractivity contribution in [3.8, 4) is 0 Å². The van der Waals surface area contributed by atoms with Crippen LogP contribution in [0.1, 0.15) is 181 Å². The van der Waals surface area contributed by atoms with Crippen molar-refractivity contribution in [3.63, 3.8) is 0 Å². The van der Waals surface area contributed by atoms with E-state index in [2.05, 4.69) is 11.9 Å². The van der Waals surface area contributed by atoms with Crippen molar-refractivity contribution in [3.05, 3.63) is 12.7 Å². The number of allylic oxidation sites excluding steroid dienone is 1. The standard InChI is InChI=1S/C23H44O2.C12H23NO4/c1-2-3-4-5-6-7-8-9-10-11-12-13-14-15-16-17-18-19-20-21-22-23(24)25;1-12(2,3)17-11(16)13-9-7-5-4-6-8-10(14)15/h2H,1,3-22H2,(H,24,25);4-9H2,1-3H3,(H,13,16)(H,14,15). The zero-order chi connectivity index (χ0) is 31.7. The molecule has 7 nitrogen and oxygen atoms in total. The number of carboxylic acid groups (broad SMARTS) is 2. The Kier molecular flexibility index (Phi) is 31.9. The van der Waals surface area contributed by atoms with Gasteiger partial charge in [0, 0.05) is 19.4 Å². The van der Waals surface area contributed by atoms with Crippen LogP contribution in [0.25, 0.3) is 0 Å². The van der Waals surface area contributed by atoms with E-state index in [1.54, 1.807) is 0 Å². The van der Waals surface area contributed by atoms with Gasteiger partial charge in [0.05, 0.1) is 0 Å². The molecule has 3 N–H and O–H groups in total. The molecular formula is C35H67NO6. The summed E-state index contributed by atoms with van der Waals surface area (Å²) >= 11 is 0. The van der Waals surface area contributed by atoms with Crippen molar-refractivity contribution in [2.24, 2.45) is 0 Å². The van der Waals surface area contributed by atoms with E-state index in [1.165, 1.54) is 109 Å². The molecule has 0 saturated carbocycles. The van der Waals surface area contributed by atoms with E-state index in [4.69, 9.17) is 14.9 Å². The fraction of sp³-hybridized carbons (Fsp3) is 0.857. The average molecular weight is 598 g/mol. The summed E-state index contributed by atoms with van der Waals surface area (Å²) in [6.07, 6.45) is 30.8. The van der Waals surface area contributed by atoms with E-state index in [0.717, 1.165) is 32.1 Å². The number of alkyl carbamates (subject to hydrolysis) is 1. The molecule has 0 aliphatic rings. The lowest BCUT2D eigenvalue weighted by atomic mass is 10.0. The largest absolute Gasteiger partial charge is 0.481 e. The molecule has 0 heterocycles. The molecule has 0 saturated heterocycles. The first-order valence-electron chi connectivity index (χ1n) is 17.1. The van der Waals surface area contributed by atoms with Crippen LogP contribution in [-0.2, 0) is 14.3 Å². The van der Waals surface area contributed by atoms with Gasteiger partial charge in [0.2, 0.25) is 0 Å². The lowest BCUT2D eigenvalue weighted by Crippen LogP contribution is -2.32. The van der Waals surface area contributed by atoms with Crippen LogP contribution >= 0.6 is 0 Å². The van der Waals surface area contributed by atoms with Gasteiger partial charge in [-0.15, -0.1) is 6.58 Å². The van der Waals surface area contributed by atoms with E-state index in [9.17, 15) is 14.4 Å². The summed E-state index contributed by atoms with van der Waals surface area (Å²) in [5.74, 6) is -1.41. The van der Waals surface area contributed by atoms with Gasteiger partial charge in [0.15, 0.2) is 0 Å². The molecule has 0 bridgehead atoms. The van der Waals surface area contributed by atoms with E-state index < -0.39 is 23.6 Å². The number of amides is 1. The van der Waals surface area contributed by atoms with Crippen LogP contribution in [0.5, 0.6) is 0 Å². The summed E-state index contributed by atoms with van der Waals surface area (Å²) in [7, 11) is 0. The number of hydrogen-bond acceptors (Lipinski definition) is 4. The normalized spacial score (nSPS) is 10.9. The monoisotopic (exact) mass is 597 g/mol. The highest BCUT2D eigenvalue weighted by Gasteiger charge is 2.15. The van der Waals surface area contributed by atoms with Crippen molar-refractivity contribution in [2.45, 2.75) is 187 Å². The second kappa shape index (κ2) is 31.9. The van der Waals surface area contributed by atoms with Gasteiger partial charge in [-0.05, 0) is 52.9 Å². The molecule has 7 heteroatoms. The van der Waals surface area contributed by atoms with Crippen LogP contribution in [0.2, 0.25) is 0 Å². The van der Waals surface area contributed by atoms with Gasteiger partial charge in [-0.3, -0.25) is 9.59 Å². The molecule has 1 amide bonds. The molecule has 0 spiro atoms. The van der Waals surface area contributed by atoms with Crippen molar-refractivity contribution >= 4 is 18.0 Å². The Bertz CT molecular complexity index is 644. The summed E-state index contributed by atoms with van der Waals surface area (Å²) < 4.78 is 5.07. The first kappa shape index (κ1) is 42.1. The molecule has 0 unspecified atom stereocenters. The summed E-state index contributed by atoms with van der Waals surface area (Å²) in [5.41, 5.74) is -0.467. The number of aliphatic carboxylic acids is 2. The van der Waals surface area contributed by atoms with Gasteiger partial charge in [0.25, 0.3) is 0 Å². The molecule has 0 aliphatic heterocycles. The van der Waals surface area contributed by atoms with E-state index in [0.29, 0.717) is 19.4 Å². The molecule has 0 atom stereocenters. The maximum atomic E-state index is 11.2. The summed E-state index contributed by atoms with van der Waals surface area (Å²) in [6.45, 7) is 9.79. The lowest BCUT2D eigenvalue weighted by molar-refractivity contribution is -0.138. The number of carbonyl (C=O) groups is 3. The zero-order valence-electron chi connectivity index (χ0n) is 27.7. The van der Waals surface area contributed by atoms with Crippen molar-refractivity contribution in [1.82, 2.24) is 5.32 Å². The highest BCUT2D eigenvalue weighted by Crippen LogP contribution is 2.15. The molecule has 0 fully saturated rings. The van der Waals surface area contributed by atoms with Gasteiger partial charge in [-0.2, -0.15) is 0 Å². The molecule has 0 rings (SSSR count). The third kappa shape index (κ3) is 42.4. The zero-order valence-corrected chi connectivity index (χ0v) is 27.7. The summed E-state index contributed by atoms with van der Waals surface area (Å²) in [6, 6.07) is 0. The van der Waals surface area contributed by atoms with Crippen molar-refractivity contribution in [1.29, 1.82) is 0 Å². The fourth-order valence-electron chi connectivity index (χ4n) is 4.65. The molecule has 0 aliphatic carbocycles.